The van der Waals surface area contributed by atoms with E-state index in [9.17, 15) is 9.59 Å². The lowest BCUT2D eigenvalue weighted by molar-refractivity contribution is -0.141. The van der Waals surface area contributed by atoms with E-state index in [1.807, 2.05) is 18.7 Å². The third-order valence-electron chi connectivity index (χ3n) is 5.18. The normalized spacial score (nSPS) is 19.1. The van der Waals surface area contributed by atoms with Gasteiger partial charge in [-0.1, -0.05) is 0 Å². The van der Waals surface area contributed by atoms with Crippen molar-refractivity contribution in [2.24, 2.45) is 5.92 Å². The van der Waals surface area contributed by atoms with E-state index >= 15 is 0 Å². The molecule has 6 nitrogen and oxygen atoms in total. The lowest BCUT2D eigenvalue weighted by atomic mass is 9.99. The number of anilines is 1. The average Bonchev–Trinajstić information content (AvgIpc) is 3.36. The molecule has 0 aromatic heterocycles. The monoisotopic (exact) mass is 360 g/mol. The van der Waals surface area contributed by atoms with Crippen molar-refractivity contribution in [1.82, 2.24) is 4.90 Å². The smallest absolute Gasteiger partial charge is 0.260 e. The van der Waals surface area contributed by atoms with Crippen molar-refractivity contribution in [2.45, 2.75) is 45.1 Å². The molecular formula is C20H28N2O4. The van der Waals surface area contributed by atoms with Gasteiger partial charge in [0, 0.05) is 25.4 Å². The highest BCUT2D eigenvalue weighted by Gasteiger charge is 2.48. The Labute approximate surface area is 154 Å². The Morgan fingerprint density at radius 1 is 1.19 bits per heavy atom. The Kier molecular flexibility index (Phi) is 5.81. The second-order valence-corrected chi connectivity index (χ2v) is 7.17. The van der Waals surface area contributed by atoms with E-state index in [4.69, 9.17) is 9.47 Å². The van der Waals surface area contributed by atoms with Gasteiger partial charge in [-0.05, 0) is 69.7 Å². The maximum absolute atomic E-state index is 12.6. The third kappa shape index (κ3) is 4.36. The fraction of sp³-hybridized carbons (Fsp3) is 0.600. The second-order valence-electron chi connectivity index (χ2n) is 7.17. The number of benzene rings is 1. The van der Waals surface area contributed by atoms with E-state index in [1.165, 1.54) is 0 Å². The molecule has 142 valence electrons. The number of carbonyl (C=O) groups is 2. The van der Waals surface area contributed by atoms with Crippen LogP contribution in [0.5, 0.6) is 5.75 Å². The number of carbonyl (C=O) groups excluding carboxylic acids is 2. The predicted molar refractivity (Wildman–Crippen MR) is 99.1 cm³/mol. The molecule has 1 aliphatic heterocycles. The number of amides is 2. The fourth-order valence-electron chi connectivity index (χ4n) is 3.40. The first-order valence-electron chi connectivity index (χ1n) is 9.49. The molecule has 26 heavy (non-hydrogen) atoms. The van der Waals surface area contributed by atoms with E-state index < -0.39 is 5.60 Å². The first-order valence-corrected chi connectivity index (χ1v) is 9.49. The zero-order valence-corrected chi connectivity index (χ0v) is 15.6. The molecule has 2 fully saturated rings. The number of rotatable bonds is 8. The van der Waals surface area contributed by atoms with Crippen LogP contribution < -0.4 is 10.1 Å². The highest BCUT2D eigenvalue weighted by molar-refractivity contribution is 5.97. The number of hydrogen-bond donors (Lipinski definition) is 1. The Balaban J connectivity index is 1.52. The molecule has 1 heterocycles. The fourth-order valence-corrected chi connectivity index (χ4v) is 3.40. The van der Waals surface area contributed by atoms with Crippen LogP contribution in [0.15, 0.2) is 24.3 Å². The summed E-state index contributed by atoms with van der Waals surface area (Å²) in [5.41, 5.74) is -0.0775. The zero-order chi connectivity index (χ0) is 18.6. The second kappa shape index (κ2) is 8.08. The highest BCUT2D eigenvalue weighted by atomic mass is 16.5. The molecule has 6 heteroatoms. The van der Waals surface area contributed by atoms with Crippen molar-refractivity contribution in [1.29, 1.82) is 0 Å². The number of likely N-dealkylation sites (tertiary alicyclic amines) is 1. The van der Waals surface area contributed by atoms with Crippen LogP contribution in [-0.4, -0.2) is 48.6 Å². The Morgan fingerprint density at radius 3 is 2.42 bits per heavy atom. The summed E-state index contributed by atoms with van der Waals surface area (Å²) in [6.45, 7) is 5.99. The number of nitrogens with zero attached hydrogens (tertiary/aromatic N) is 1. The van der Waals surface area contributed by atoms with Gasteiger partial charge in [0.25, 0.3) is 11.8 Å². The molecule has 0 spiro atoms. The summed E-state index contributed by atoms with van der Waals surface area (Å²) in [6, 6.07) is 7.10. The minimum atomic E-state index is -0.772. The molecule has 1 saturated heterocycles. The van der Waals surface area contributed by atoms with Crippen LogP contribution in [-0.2, 0) is 14.3 Å². The molecule has 2 aliphatic rings. The summed E-state index contributed by atoms with van der Waals surface area (Å²) >= 11 is 0. The minimum absolute atomic E-state index is 0.0248. The summed E-state index contributed by atoms with van der Waals surface area (Å²) in [5, 5.41) is 2.93. The Bertz CT molecular complexity index is 636. The molecular weight excluding hydrogens is 332 g/mol. The molecule has 0 bridgehead atoms. The maximum atomic E-state index is 12.6. The van der Waals surface area contributed by atoms with Crippen molar-refractivity contribution in [3.05, 3.63) is 24.3 Å². The van der Waals surface area contributed by atoms with E-state index in [1.54, 1.807) is 24.3 Å². The van der Waals surface area contributed by atoms with Gasteiger partial charge in [0.15, 0.2) is 6.61 Å². The molecule has 0 radical (unpaired) electrons. The van der Waals surface area contributed by atoms with E-state index in [0.29, 0.717) is 24.0 Å². The molecule has 1 aliphatic carbocycles. The summed E-state index contributed by atoms with van der Waals surface area (Å²) in [7, 11) is 0. The van der Waals surface area contributed by atoms with Gasteiger partial charge in [-0.25, -0.2) is 0 Å². The number of hydrogen-bond acceptors (Lipinski definition) is 4. The largest absolute Gasteiger partial charge is 0.484 e. The van der Waals surface area contributed by atoms with Crippen molar-refractivity contribution in [3.63, 3.8) is 0 Å². The van der Waals surface area contributed by atoms with Crippen LogP contribution in [0.1, 0.15) is 39.5 Å². The van der Waals surface area contributed by atoms with Crippen molar-refractivity contribution in [3.8, 4) is 5.75 Å². The van der Waals surface area contributed by atoms with Gasteiger partial charge in [0.1, 0.15) is 11.4 Å². The van der Waals surface area contributed by atoms with Crippen LogP contribution in [0.3, 0.4) is 0 Å². The topological polar surface area (TPSA) is 67.9 Å². The molecule has 1 N–H and O–H groups in total. The molecule has 1 aromatic carbocycles. The lowest BCUT2D eigenvalue weighted by Gasteiger charge is -2.28. The molecule has 1 saturated carbocycles. The van der Waals surface area contributed by atoms with Crippen molar-refractivity contribution >= 4 is 17.5 Å². The minimum Gasteiger partial charge on any atom is -0.484 e. The molecule has 3 rings (SSSR count). The van der Waals surface area contributed by atoms with E-state index in [2.05, 4.69) is 5.32 Å². The van der Waals surface area contributed by atoms with Gasteiger partial charge in [0.05, 0.1) is 0 Å². The summed E-state index contributed by atoms with van der Waals surface area (Å²) in [4.78, 5) is 26.5. The van der Waals surface area contributed by atoms with Crippen LogP contribution in [0.2, 0.25) is 0 Å². The summed E-state index contributed by atoms with van der Waals surface area (Å²) < 4.78 is 11.3. The SMILES string of the molecule is CCO[C@@](C)(C(=O)Nc1ccc(OCC(=O)N2CCCC2)cc1)C1CC1. The molecule has 1 aromatic rings. The summed E-state index contributed by atoms with van der Waals surface area (Å²) in [6.07, 6.45) is 4.20. The third-order valence-corrected chi connectivity index (χ3v) is 5.18. The van der Waals surface area contributed by atoms with Crippen LogP contribution >= 0.6 is 0 Å². The quantitative estimate of drug-likeness (QED) is 0.774. The summed E-state index contributed by atoms with van der Waals surface area (Å²) in [5.74, 6) is 0.823. The first kappa shape index (κ1) is 18.7. The zero-order valence-electron chi connectivity index (χ0n) is 15.6. The van der Waals surface area contributed by atoms with Crippen LogP contribution in [0.4, 0.5) is 5.69 Å². The van der Waals surface area contributed by atoms with Gasteiger partial charge in [-0.15, -0.1) is 0 Å². The van der Waals surface area contributed by atoms with E-state index in [-0.39, 0.29) is 18.4 Å². The number of ether oxygens (including phenoxy) is 2. The van der Waals surface area contributed by atoms with Gasteiger partial charge in [-0.2, -0.15) is 0 Å². The standard InChI is InChI=1S/C20H28N2O4/c1-3-26-20(2,15-6-7-15)19(24)21-16-8-10-17(11-9-16)25-14-18(23)22-12-4-5-13-22/h8-11,15H,3-7,12-14H2,1-2H3,(H,21,24)/t20-/m1/s1. The molecule has 1 atom stereocenters. The first-order chi connectivity index (χ1) is 12.5. The Hall–Kier alpha value is -2.08. The Morgan fingerprint density at radius 2 is 1.85 bits per heavy atom. The lowest BCUT2D eigenvalue weighted by Crippen LogP contribution is -2.44. The molecule has 2 amide bonds. The van der Waals surface area contributed by atoms with Crippen molar-refractivity contribution in [2.75, 3.05) is 31.6 Å². The van der Waals surface area contributed by atoms with Crippen LogP contribution in [0.25, 0.3) is 0 Å². The highest BCUT2D eigenvalue weighted by Crippen LogP contribution is 2.42. The van der Waals surface area contributed by atoms with Gasteiger partial charge >= 0.3 is 0 Å². The molecule has 0 unspecified atom stereocenters. The number of nitrogens with one attached hydrogen (secondary N) is 1. The van der Waals surface area contributed by atoms with E-state index in [0.717, 1.165) is 38.8 Å². The van der Waals surface area contributed by atoms with Gasteiger partial charge in [0.2, 0.25) is 0 Å². The maximum Gasteiger partial charge on any atom is 0.260 e. The predicted octanol–water partition coefficient (Wildman–Crippen LogP) is 2.83. The van der Waals surface area contributed by atoms with Crippen molar-refractivity contribution < 1.29 is 19.1 Å². The van der Waals surface area contributed by atoms with Gasteiger partial charge in [-0.3, -0.25) is 9.59 Å². The van der Waals surface area contributed by atoms with Crippen LogP contribution in [0, 0.1) is 5.92 Å². The van der Waals surface area contributed by atoms with Gasteiger partial charge < -0.3 is 19.7 Å². The average molecular weight is 360 g/mol.